The van der Waals surface area contributed by atoms with Crippen molar-refractivity contribution >= 4 is 17.5 Å². The van der Waals surface area contributed by atoms with E-state index in [0.717, 1.165) is 11.3 Å². The summed E-state index contributed by atoms with van der Waals surface area (Å²) in [7, 11) is 3.39. The number of aromatic nitrogens is 2. The van der Waals surface area contributed by atoms with Gasteiger partial charge >= 0.3 is 0 Å². The summed E-state index contributed by atoms with van der Waals surface area (Å²) in [5.74, 6) is -0.617. The molecule has 0 aliphatic heterocycles. The highest BCUT2D eigenvalue weighted by Gasteiger charge is 2.27. The minimum absolute atomic E-state index is 0.0435. The molecule has 0 radical (unpaired) electrons. The zero-order valence-electron chi connectivity index (χ0n) is 13.1. The number of hydrogen-bond donors (Lipinski definition) is 2. The summed E-state index contributed by atoms with van der Waals surface area (Å²) in [6, 6.07) is 9.45. The highest BCUT2D eigenvalue weighted by Crippen LogP contribution is 2.27. The summed E-state index contributed by atoms with van der Waals surface area (Å²) in [6.07, 6.45) is 2.13. The van der Waals surface area contributed by atoms with Crippen LogP contribution in [0.25, 0.3) is 0 Å². The smallest absolute Gasteiger partial charge is 0.245 e. The summed E-state index contributed by atoms with van der Waals surface area (Å²) < 4.78 is 7.21. The predicted octanol–water partition coefficient (Wildman–Crippen LogP) is 2.31. The van der Waals surface area contributed by atoms with Crippen molar-refractivity contribution < 1.29 is 14.7 Å². The van der Waals surface area contributed by atoms with Gasteiger partial charge in [-0.05, 0) is 30.2 Å². The van der Waals surface area contributed by atoms with Crippen molar-refractivity contribution in [2.75, 3.05) is 7.11 Å². The Morgan fingerprint density at radius 3 is 2.61 bits per heavy atom. The van der Waals surface area contributed by atoms with Gasteiger partial charge < -0.3 is 4.74 Å². The molecule has 1 heterocycles. The number of hydroxylamine groups is 1. The molecule has 0 spiro atoms. The third kappa shape index (κ3) is 4.79. The maximum Gasteiger partial charge on any atom is 0.245 e. The fourth-order valence-corrected chi connectivity index (χ4v) is 2.68. The lowest BCUT2D eigenvalue weighted by Gasteiger charge is -2.24. The molecule has 2 N–H and O–H groups in total. The van der Waals surface area contributed by atoms with Gasteiger partial charge in [-0.15, -0.1) is 0 Å². The van der Waals surface area contributed by atoms with E-state index in [0.29, 0.717) is 11.4 Å². The van der Waals surface area contributed by atoms with Gasteiger partial charge in [-0.1, -0.05) is 23.7 Å². The van der Waals surface area contributed by atoms with E-state index >= 15 is 0 Å². The summed E-state index contributed by atoms with van der Waals surface area (Å²) in [6.45, 7) is 0. The van der Waals surface area contributed by atoms with Gasteiger partial charge in [-0.3, -0.25) is 14.7 Å². The second-order valence-electron chi connectivity index (χ2n) is 5.36. The lowest BCUT2D eigenvalue weighted by molar-refractivity contribution is -0.132. The van der Waals surface area contributed by atoms with Crippen LogP contribution in [0.2, 0.25) is 5.02 Å². The van der Waals surface area contributed by atoms with E-state index < -0.39 is 12.0 Å². The van der Waals surface area contributed by atoms with Crippen LogP contribution in [0.15, 0.2) is 36.5 Å². The number of amides is 1. The molecule has 2 atom stereocenters. The molecule has 2 aromatic rings. The third-order valence-electron chi connectivity index (χ3n) is 3.75. The van der Waals surface area contributed by atoms with Gasteiger partial charge in [0.2, 0.25) is 5.91 Å². The molecule has 1 aromatic carbocycles. The summed E-state index contributed by atoms with van der Waals surface area (Å²) in [5, 5.41) is 13.9. The molecule has 0 unspecified atom stereocenters. The first kappa shape index (κ1) is 17.5. The number of halogens is 1. The molecular formula is C16H20ClN3O3. The van der Waals surface area contributed by atoms with Crippen molar-refractivity contribution in [1.29, 1.82) is 0 Å². The number of carbonyl (C=O) groups excluding carboxylic acids is 1. The lowest BCUT2D eigenvalue weighted by atomic mass is 9.89. The van der Waals surface area contributed by atoms with Gasteiger partial charge in [0.05, 0.1) is 18.2 Å². The zero-order chi connectivity index (χ0) is 16.8. The Kier molecular flexibility index (Phi) is 6.15. The van der Waals surface area contributed by atoms with Gasteiger partial charge in [-0.2, -0.15) is 5.10 Å². The van der Waals surface area contributed by atoms with E-state index in [2.05, 4.69) is 5.10 Å². The first-order valence-electron chi connectivity index (χ1n) is 7.23. The average molecular weight is 338 g/mol. The molecule has 7 heteroatoms. The molecule has 1 amide bonds. The zero-order valence-corrected chi connectivity index (χ0v) is 13.8. The second-order valence-corrected chi connectivity index (χ2v) is 5.80. The molecule has 0 bridgehead atoms. The molecular weight excluding hydrogens is 318 g/mol. The standard InChI is InChI=1S/C16H20ClN3O3/c1-20-8-7-14(18-20)13(15(23-2)10-16(21)19-22)9-11-3-5-12(17)6-4-11/h3-8,13,15,22H,9-10H2,1-2H3,(H,19,21)/t13-,15-/m1/s1. The fourth-order valence-electron chi connectivity index (χ4n) is 2.55. The van der Waals surface area contributed by atoms with Gasteiger partial charge in [-0.25, -0.2) is 5.48 Å². The largest absolute Gasteiger partial charge is 0.380 e. The van der Waals surface area contributed by atoms with Gasteiger partial charge in [0, 0.05) is 31.3 Å². The van der Waals surface area contributed by atoms with E-state index in [1.165, 1.54) is 0 Å². The molecule has 0 saturated carbocycles. The SMILES string of the molecule is CO[C@H](CC(=O)NO)[C@H](Cc1ccc(Cl)cc1)c1ccn(C)n1. The van der Waals surface area contributed by atoms with Crippen LogP contribution in [0.4, 0.5) is 0 Å². The Hall–Kier alpha value is -1.89. The molecule has 0 fully saturated rings. The van der Waals surface area contributed by atoms with Crippen LogP contribution in [0.5, 0.6) is 0 Å². The number of rotatable bonds is 7. The molecule has 124 valence electrons. The topological polar surface area (TPSA) is 76.4 Å². The van der Waals surface area contributed by atoms with Crippen LogP contribution in [-0.2, 0) is 23.0 Å². The van der Waals surface area contributed by atoms with Crippen molar-refractivity contribution in [1.82, 2.24) is 15.3 Å². The normalized spacial score (nSPS) is 13.6. The predicted molar refractivity (Wildman–Crippen MR) is 86.4 cm³/mol. The summed E-state index contributed by atoms with van der Waals surface area (Å²) in [4.78, 5) is 11.5. The van der Waals surface area contributed by atoms with Crippen molar-refractivity contribution in [3.05, 3.63) is 52.8 Å². The Morgan fingerprint density at radius 1 is 1.39 bits per heavy atom. The molecule has 0 aliphatic carbocycles. The minimum Gasteiger partial charge on any atom is -0.380 e. The van der Waals surface area contributed by atoms with E-state index in [-0.39, 0.29) is 12.3 Å². The van der Waals surface area contributed by atoms with E-state index in [1.54, 1.807) is 17.3 Å². The number of benzene rings is 1. The Balaban J connectivity index is 2.26. The van der Waals surface area contributed by atoms with Crippen molar-refractivity contribution in [2.45, 2.75) is 24.9 Å². The van der Waals surface area contributed by atoms with E-state index in [1.807, 2.05) is 43.6 Å². The van der Waals surface area contributed by atoms with Crippen LogP contribution < -0.4 is 5.48 Å². The molecule has 23 heavy (non-hydrogen) atoms. The number of aryl methyl sites for hydroxylation is 1. The van der Waals surface area contributed by atoms with Crippen molar-refractivity contribution in [2.24, 2.45) is 7.05 Å². The van der Waals surface area contributed by atoms with Crippen LogP contribution in [-0.4, -0.2) is 34.1 Å². The maximum absolute atomic E-state index is 11.5. The first-order valence-corrected chi connectivity index (χ1v) is 7.61. The second kappa shape index (κ2) is 8.10. The molecule has 1 aromatic heterocycles. The fraction of sp³-hybridized carbons (Fsp3) is 0.375. The molecule has 0 saturated heterocycles. The minimum atomic E-state index is -0.492. The number of ether oxygens (including phenoxy) is 1. The summed E-state index contributed by atoms with van der Waals surface area (Å²) >= 11 is 5.92. The Bertz CT molecular complexity index is 642. The van der Waals surface area contributed by atoms with E-state index in [4.69, 9.17) is 21.5 Å². The summed E-state index contributed by atoms with van der Waals surface area (Å²) in [5.41, 5.74) is 3.55. The van der Waals surface area contributed by atoms with Crippen LogP contribution >= 0.6 is 11.6 Å². The van der Waals surface area contributed by atoms with Crippen LogP contribution in [0, 0.1) is 0 Å². The average Bonchev–Trinajstić information content (AvgIpc) is 2.98. The van der Waals surface area contributed by atoms with E-state index in [9.17, 15) is 4.79 Å². The Morgan fingerprint density at radius 2 is 2.09 bits per heavy atom. The van der Waals surface area contributed by atoms with Gasteiger partial charge in [0.25, 0.3) is 0 Å². The van der Waals surface area contributed by atoms with Gasteiger partial charge in [0.1, 0.15) is 0 Å². The Labute approximate surface area is 140 Å². The molecule has 2 rings (SSSR count). The number of methoxy groups -OCH3 is 1. The van der Waals surface area contributed by atoms with Crippen molar-refractivity contribution in [3.8, 4) is 0 Å². The number of carbonyl (C=O) groups is 1. The first-order chi connectivity index (χ1) is 11.0. The van der Waals surface area contributed by atoms with Crippen LogP contribution in [0.3, 0.4) is 0 Å². The maximum atomic E-state index is 11.5. The van der Waals surface area contributed by atoms with Gasteiger partial charge in [0.15, 0.2) is 0 Å². The molecule has 0 aliphatic rings. The number of nitrogens with one attached hydrogen (secondary N) is 1. The number of nitrogens with zero attached hydrogens (tertiary/aromatic N) is 2. The third-order valence-corrected chi connectivity index (χ3v) is 4.00. The quantitative estimate of drug-likeness (QED) is 0.600. The monoisotopic (exact) mass is 337 g/mol. The lowest BCUT2D eigenvalue weighted by Crippen LogP contribution is -2.31. The van der Waals surface area contributed by atoms with Crippen molar-refractivity contribution in [3.63, 3.8) is 0 Å². The van der Waals surface area contributed by atoms with Crippen LogP contribution in [0.1, 0.15) is 23.6 Å². The number of hydrogen-bond acceptors (Lipinski definition) is 4. The highest BCUT2D eigenvalue weighted by molar-refractivity contribution is 6.30. The highest BCUT2D eigenvalue weighted by atomic mass is 35.5. The molecule has 6 nitrogen and oxygen atoms in total.